The van der Waals surface area contributed by atoms with Gasteiger partial charge in [-0.2, -0.15) is 4.98 Å². The Labute approximate surface area is 185 Å². The van der Waals surface area contributed by atoms with Crippen molar-refractivity contribution in [3.8, 4) is 22.9 Å². The highest BCUT2D eigenvalue weighted by Crippen LogP contribution is 2.31. The lowest BCUT2D eigenvalue weighted by molar-refractivity contribution is -0.127. The summed E-state index contributed by atoms with van der Waals surface area (Å²) in [6.07, 6.45) is 1.86. The Morgan fingerprint density at radius 1 is 1.29 bits per heavy atom. The number of likely N-dealkylation sites (tertiary alicyclic amines) is 1. The van der Waals surface area contributed by atoms with Crippen LogP contribution in [0.3, 0.4) is 0 Å². The van der Waals surface area contributed by atoms with Crippen LogP contribution >= 0.6 is 11.3 Å². The van der Waals surface area contributed by atoms with Crippen LogP contribution in [0.1, 0.15) is 23.6 Å². The maximum Gasteiger partial charge on any atom is 0.241 e. The Morgan fingerprint density at radius 2 is 2.16 bits per heavy atom. The lowest BCUT2D eigenvalue weighted by Crippen LogP contribution is -2.42. The molecule has 1 atom stereocenters. The number of nitrogens with zero attached hydrogens (tertiary/aromatic N) is 3. The van der Waals surface area contributed by atoms with Gasteiger partial charge in [0, 0.05) is 17.0 Å². The van der Waals surface area contributed by atoms with Crippen molar-refractivity contribution in [1.82, 2.24) is 20.4 Å². The molecule has 1 saturated heterocycles. The predicted molar refractivity (Wildman–Crippen MR) is 117 cm³/mol. The van der Waals surface area contributed by atoms with Gasteiger partial charge < -0.3 is 19.3 Å². The van der Waals surface area contributed by atoms with Gasteiger partial charge in [0.05, 0.1) is 33.2 Å². The fourth-order valence-electron chi connectivity index (χ4n) is 3.75. The first kappa shape index (κ1) is 21.3. The zero-order valence-electron chi connectivity index (χ0n) is 17.7. The number of rotatable bonds is 8. The summed E-state index contributed by atoms with van der Waals surface area (Å²) < 4.78 is 16.1. The third-order valence-corrected chi connectivity index (χ3v) is 6.24. The van der Waals surface area contributed by atoms with Crippen LogP contribution in [-0.2, 0) is 17.9 Å². The van der Waals surface area contributed by atoms with Crippen LogP contribution in [0.5, 0.6) is 11.5 Å². The van der Waals surface area contributed by atoms with Gasteiger partial charge in [0.1, 0.15) is 0 Å². The maximum atomic E-state index is 12.6. The highest BCUT2D eigenvalue weighted by molar-refractivity contribution is 7.09. The molecule has 0 unspecified atom stereocenters. The molecule has 1 amide bonds. The van der Waals surface area contributed by atoms with Crippen molar-refractivity contribution in [2.75, 3.05) is 27.3 Å². The van der Waals surface area contributed by atoms with Crippen molar-refractivity contribution in [3.63, 3.8) is 0 Å². The molecular weight excluding hydrogens is 416 g/mol. The van der Waals surface area contributed by atoms with Crippen LogP contribution in [0.25, 0.3) is 11.4 Å². The van der Waals surface area contributed by atoms with E-state index in [2.05, 4.69) is 20.4 Å². The number of amides is 1. The number of benzene rings is 1. The Bertz CT molecular complexity index is 1000. The molecule has 0 bridgehead atoms. The summed E-state index contributed by atoms with van der Waals surface area (Å²) in [5.74, 6) is 2.37. The maximum absolute atomic E-state index is 12.6. The molecule has 4 rings (SSSR count). The summed E-state index contributed by atoms with van der Waals surface area (Å²) in [6.45, 7) is 2.70. The lowest BCUT2D eigenvalue weighted by Gasteiger charge is -2.30. The van der Waals surface area contributed by atoms with Gasteiger partial charge in [-0.1, -0.05) is 11.2 Å². The number of aromatic nitrogens is 2. The van der Waals surface area contributed by atoms with Crippen LogP contribution in [0.4, 0.5) is 0 Å². The molecule has 1 aliphatic rings. The van der Waals surface area contributed by atoms with E-state index in [9.17, 15) is 4.79 Å². The number of methoxy groups -OCH3 is 2. The van der Waals surface area contributed by atoms with E-state index < -0.39 is 0 Å². The summed E-state index contributed by atoms with van der Waals surface area (Å²) in [4.78, 5) is 20.5. The number of thiophene rings is 1. The number of ether oxygens (including phenoxy) is 2. The van der Waals surface area contributed by atoms with E-state index >= 15 is 0 Å². The Balaban J connectivity index is 1.35. The molecule has 0 spiro atoms. The molecule has 164 valence electrons. The van der Waals surface area contributed by atoms with Crippen molar-refractivity contribution in [1.29, 1.82) is 0 Å². The van der Waals surface area contributed by atoms with Gasteiger partial charge in [0.15, 0.2) is 11.5 Å². The summed E-state index contributed by atoms with van der Waals surface area (Å²) in [7, 11) is 3.19. The highest BCUT2D eigenvalue weighted by Gasteiger charge is 2.27. The monoisotopic (exact) mass is 442 g/mol. The molecule has 3 heterocycles. The standard InChI is InChI=1S/C22H26N4O4S/c1-28-18-8-7-15(11-19(18)29-2)21-24-20(30-25-21)14-26-9-3-5-16(13-26)22(27)23-12-17-6-4-10-31-17/h4,6-8,10-11,16H,3,5,9,12-14H2,1-2H3,(H,23,27)/t16-/m0/s1. The van der Waals surface area contributed by atoms with Crippen LogP contribution in [0.2, 0.25) is 0 Å². The van der Waals surface area contributed by atoms with Gasteiger partial charge in [-0.15, -0.1) is 11.3 Å². The second-order valence-electron chi connectivity index (χ2n) is 7.45. The molecule has 3 aromatic rings. The van der Waals surface area contributed by atoms with E-state index in [1.54, 1.807) is 25.6 Å². The topological polar surface area (TPSA) is 89.7 Å². The van der Waals surface area contributed by atoms with Gasteiger partial charge in [-0.05, 0) is 49.0 Å². The third-order valence-electron chi connectivity index (χ3n) is 5.36. The van der Waals surface area contributed by atoms with Gasteiger partial charge in [0.2, 0.25) is 17.6 Å². The molecule has 0 radical (unpaired) electrons. The molecule has 0 aliphatic carbocycles. The quantitative estimate of drug-likeness (QED) is 0.572. The van der Waals surface area contributed by atoms with Gasteiger partial charge in [-0.25, -0.2) is 0 Å². The predicted octanol–water partition coefficient (Wildman–Crippen LogP) is 3.34. The molecule has 9 heteroatoms. The average molecular weight is 443 g/mol. The minimum Gasteiger partial charge on any atom is -0.493 e. The number of hydrogen-bond donors (Lipinski definition) is 1. The zero-order valence-corrected chi connectivity index (χ0v) is 18.5. The van der Waals surface area contributed by atoms with Crippen molar-refractivity contribution in [3.05, 3.63) is 46.5 Å². The van der Waals surface area contributed by atoms with Crippen molar-refractivity contribution < 1.29 is 18.8 Å². The van der Waals surface area contributed by atoms with E-state index in [0.29, 0.717) is 42.8 Å². The van der Waals surface area contributed by atoms with Crippen molar-refractivity contribution in [2.45, 2.75) is 25.9 Å². The number of carbonyl (C=O) groups excluding carboxylic acids is 1. The Hall–Kier alpha value is -2.91. The second-order valence-corrected chi connectivity index (χ2v) is 8.49. The van der Waals surface area contributed by atoms with Crippen LogP contribution in [0.15, 0.2) is 40.2 Å². The van der Waals surface area contributed by atoms with Crippen LogP contribution in [-0.4, -0.2) is 48.3 Å². The summed E-state index contributed by atoms with van der Waals surface area (Å²) in [5.41, 5.74) is 0.789. The molecule has 8 nitrogen and oxygen atoms in total. The highest BCUT2D eigenvalue weighted by atomic mass is 32.1. The second kappa shape index (κ2) is 9.93. The molecular formula is C22H26N4O4S. The normalized spacial score (nSPS) is 16.8. The number of nitrogens with one attached hydrogen (secondary N) is 1. The van der Waals surface area contributed by atoms with Gasteiger partial charge in [0.25, 0.3) is 0 Å². The first-order chi connectivity index (χ1) is 15.2. The SMILES string of the molecule is COc1ccc(-c2noc(CN3CCC[C@H](C(=O)NCc4cccs4)C3)n2)cc1OC. The first-order valence-electron chi connectivity index (χ1n) is 10.2. The van der Waals surface area contributed by atoms with E-state index in [1.807, 2.05) is 35.7 Å². The molecule has 1 aliphatic heterocycles. The minimum absolute atomic E-state index is 0.0260. The van der Waals surface area contributed by atoms with Crippen molar-refractivity contribution in [2.24, 2.45) is 5.92 Å². The molecule has 1 N–H and O–H groups in total. The average Bonchev–Trinajstić information content (AvgIpc) is 3.49. The molecule has 1 aromatic carbocycles. The van der Waals surface area contributed by atoms with E-state index in [0.717, 1.165) is 29.8 Å². The largest absolute Gasteiger partial charge is 0.493 e. The van der Waals surface area contributed by atoms with Crippen LogP contribution < -0.4 is 14.8 Å². The fraction of sp³-hybridized carbons (Fsp3) is 0.409. The third kappa shape index (κ3) is 5.23. The van der Waals surface area contributed by atoms with Gasteiger partial charge in [-0.3, -0.25) is 9.69 Å². The minimum atomic E-state index is -0.0260. The van der Waals surface area contributed by atoms with Gasteiger partial charge >= 0.3 is 0 Å². The number of hydrogen-bond acceptors (Lipinski definition) is 8. The molecule has 2 aromatic heterocycles. The number of carbonyl (C=O) groups is 1. The van der Waals surface area contributed by atoms with E-state index in [-0.39, 0.29) is 11.8 Å². The summed E-state index contributed by atoms with van der Waals surface area (Å²) in [5, 5.41) is 9.18. The van der Waals surface area contributed by atoms with E-state index in [4.69, 9.17) is 14.0 Å². The Kier molecular flexibility index (Phi) is 6.83. The molecule has 0 saturated carbocycles. The smallest absolute Gasteiger partial charge is 0.241 e. The zero-order chi connectivity index (χ0) is 21.6. The fourth-order valence-corrected chi connectivity index (χ4v) is 4.39. The summed E-state index contributed by atoms with van der Waals surface area (Å²) in [6, 6.07) is 9.53. The molecule has 31 heavy (non-hydrogen) atoms. The summed E-state index contributed by atoms with van der Waals surface area (Å²) >= 11 is 1.65. The van der Waals surface area contributed by atoms with E-state index in [1.165, 1.54) is 0 Å². The number of piperidine rings is 1. The molecule has 1 fully saturated rings. The Morgan fingerprint density at radius 3 is 2.94 bits per heavy atom. The first-order valence-corrected chi connectivity index (χ1v) is 11.1. The lowest BCUT2D eigenvalue weighted by atomic mass is 9.97. The van der Waals surface area contributed by atoms with Crippen molar-refractivity contribution >= 4 is 17.2 Å². The van der Waals surface area contributed by atoms with Crippen LogP contribution in [0, 0.1) is 5.92 Å².